The van der Waals surface area contributed by atoms with Gasteiger partial charge in [-0.25, -0.2) is 9.67 Å². The number of likely N-dealkylation sites (tertiary alicyclic amines) is 1. The van der Waals surface area contributed by atoms with Gasteiger partial charge in [0.1, 0.15) is 12.4 Å². The number of amides is 1. The number of benzene rings is 1. The van der Waals surface area contributed by atoms with Crippen LogP contribution < -0.4 is 5.56 Å². The summed E-state index contributed by atoms with van der Waals surface area (Å²) in [5.41, 5.74) is 2.39. The van der Waals surface area contributed by atoms with E-state index in [2.05, 4.69) is 16.6 Å². The summed E-state index contributed by atoms with van der Waals surface area (Å²) in [5.74, 6) is 1.01. The SMILES string of the molecule is Cc1nc2c(n1[C@@H]1CCN(C(=O)Cn3ncc4ccccc4c3=O)C1)CCCC2. The van der Waals surface area contributed by atoms with Crippen molar-refractivity contribution in [3.05, 3.63) is 58.0 Å². The summed E-state index contributed by atoms with van der Waals surface area (Å²) in [5, 5.41) is 5.59. The van der Waals surface area contributed by atoms with E-state index >= 15 is 0 Å². The van der Waals surface area contributed by atoms with Crippen LogP contribution in [0.15, 0.2) is 35.3 Å². The number of nitrogens with zero attached hydrogens (tertiary/aromatic N) is 5. The summed E-state index contributed by atoms with van der Waals surface area (Å²) in [6.45, 7) is 3.43. The van der Waals surface area contributed by atoms with Gasteiger partial charge in [-0.05, 0) is 45.1 Å². The fourth-order valence-electron chi connectivity index (χ4n) is 4.83. The summed E-state index contributed by atoms with van der Waals surface area (Å²) in [6.07, 6.45) is 7.15. The van der Waals surface area contributed by atoms with Crippen LogP contribution in [0.4, 0.5) is 0 Å². The van der Waals surface area contributed by atoms with Crippen molar-refractivity contribution in [2.24, 2.45) is 0 Å². The van der Waals surface area contributed by atoms with Gasteiger partial charge in [-0.3, -0.25) is 9.59 Å². The second-order valence-electron chi connectivity index (χ2n) is 8.11. The molecule has 1 saturated heterocycles. The Morgan fingerprint density at radius 3 is 2.93 bits per heavy atom. The molecule has 7 nitrogen and oxygen atoms in total. The van der Waals surface area contributed by atoms with Crippen molar-refractivity contribution >= 4 is 16.7 Å². The molecule has 7 heteroatoms. The number of carbonyl (C=O) groups is 1. The van der Waals surface area contributed by atoms with Crippen molar-refractivity contribution in [1.82, 2.24) is 24.2 Å². The van der Waals surface area contributed by atoms with Crippen molar-refractivity contribution in [3.63, 3.8) is 0 Å². The maximum absolute atomic E-state index is 12.9. The molecular formula is C22H25N5O2. The molecule has 3 aromatic rings. The first-order chi connectivity index (χ1) is 14.1. The zero-order valence-electron chi connectivity index (χ0n) is 16.7. The molecule has 0 unspecified atom stereocenters. The van der Waals surface area contributed by atoms with Crippen molar-refractivity contribution < 1.29 is 4.79 Å². The average Bonchev–Trinajstić information content (AvgIpc) is 3.33. The highest BCUT2D eigenvalue weighted by atomic mass is 16.2. The smallest absolute Gasteiger partial charge is 0.275 e. The molecule has 150 valence electrons. The van der Waals surface area contributed by atoms with Gasteiger partial charge in [0.15, 0.2) is 0 Å². The van der Waals surface area contributed by atoms with E-state index in [9.17, 15) is 9.59 Å². The molecule has 2 aromatic heterocycles. The molecule has 0 spiro atoms. The number of carbonyl (C=O) groups excluding carboxylic acids is 1. The molecule has 5 rings (SSSR count). The Balaban J connectivity index is 1.33. The van der Waals surface area contributed by atoms with E-state index in [0.29, 0.717) is 18.5 Å². The largest absolute Gasteiger partial charge is 0.339 e. The fraction of sp³-hybridized carbons (Fsp3) is 0.455. The molecular weight excluding hydrogens is 366 g/mol. The second-order valence-corrected chi connectivity index (χ2v) is 8.11. The van der Waals surface area contributed by atoms with Gasteiger partial charge in [0.2, 0.25) is 5.91 Å². The van der Waals surface area contributed by atoms with Crippen molar-refractivity contribution in [3.8, 4) is 0 Å². The van der Waals surface area contributed by atoms with Gasteiger partial charge in [-0.1, -0.05) is 18.2 Å². The van der Waals surface area contributed by atoms with Gasteiger partial charge in [0.05, 0.1) is 23.3 Å². The molecule has 0 N–H and O–H groups in total. The number of rotatable bonds is 3. The summed E-state index contributed by atoms with van der Waals surface area (Å²) in [7, 11) is 0. The lowest BCUT2D eigenvalue weighted by molar-refractivity contribution is -0.131. The molecule has 0 saturated carbocycles. The summed E-state index contributed by atoms with van der Waals surface area (Å²) in [6, 6.07) is 7.61. The number of hydrogen-bond donors (Lipinski definition) is 0. The van der Waals surface area contributed by atoms with E-state index in [-0.39, 0.29) is 24.1 Å². The lowest BCUT2D eigenvalue weighted by atomic mass is 10.0. The monoisotopic (exact) mass is 391 g/mol. The molecule has 2 aliphatic rings. The molecule has 29 heavy (non-hydrogen) atoms. The van der Waals surface area contributed by atoms with Crippen molar-refractivity contribution in [2.45, 2.75) is 51.6 Å². The molecule has 1 fully saturated rings. The predicted octanol–water partition coefficient (Wildman–Crippen LogP) is 2.25. The van der Waals surface area contributed by atoms with Crippen molar-refractivity contribution in [2.75, 3.05) is 13.1 Å². The predicted molar refractivity (Wildman–Crippen MR) is 110 cm³/mol. The molecule has 1 atom stereocenters. The number of hydrogen-bond acceptors (Lipinski definition) is 4. The van der Waals surface area contributed by atoms with Crippen LogP contribution in [0.5, 0.6) is 0 Å². The van der Waals surface area contributed by atoms with Gasteiger partial charge in [-0.2, -0.15) is 5.10 Å². The maximum Gasteiger partial charge on any atom is 0.275 e. The zero-order chi connectivity index (χ0) is 20.0. The minimum Gasteiger partial charge on any atom is -0.339 e. The quantitative estimate of drug-likeness (QED) is 0.686. The first kappa shape index (κ1) is 18.1. The normalized spacial score (nSPS) is 18.9. The minimum absolute atomic E-state index is 0.0165. The van der Waals surface area contributed by atoms with E-state index in [1.165, 1.54) is 28.9 Å². The molecule has 1 amide bonds. The molecule has 1 aliphatic carbocycles. The third-order valence-electron chi connectivity index (χ3n) is 6.27. The third-order valence-corrected chi connectivity index (χ3v) is 6.27. The first-order valence-electron chi connectivity index (χ1n) is 10.4. The Hall–Kier alpha value is -2.96. The topological polar surface area (TPSA) is 73.0 Å². The van der Waals surface area contributed by atoms with E-state index in [1.807, 2.05) is 23.1 Å². The summed E-state index contributed by atoms with van der Waals surface area (Å²) in [4.78, 5) is 32.2. The van der Waals surface area contributed by atoms with Gasteiger partial charge in [-0.15, -0.1) is 0 Å². The number of aromatic nitrogens is 4. The summed E-state index contributed by atoms with van der Waals surface area (Å²) >= 11 is 0. The van der Waals surface area contributed by atoms with Crippen LogP contribution in [-0.2, 0) is 24.2 Å². The van der Waals surface area contributed by atoms with Crippen LogP contribution in [0, 0.1) is 6.92 Å². The standard InChI is InChI=1S/C22H25N5O2/c1-15-24-19-8-4-5-9-20(19)27(15)17-10-11-25(13-17)21(28)14-26-22(29)18-7-3-2-6-16(18)12-23-26/h2-3,6-7,12,17H,4-5,8-11,13-14H2,1H3/t17-/m1/s1. The molecule has 3 heterocycles. The average molecular weight is 391 g/mol. The zero-order valence-corrected chi connectivity index (χ0v) is 16.7. The Morgan fingerprint density at radius 2 is 2.03 bits per heavy atom. The number of aryl methyl sites for hydroxylation is 2. The van der Waals surface area contributed by atoms with Crippen LogP contribution in [0.1, 0.15) is 42.5 Å². The molecule has 1 aromatic carbocycles. The third kappa shape index (κ3) is 3.14. The lowest BCUT2D eigenvalue weighted by Crippen LogP contribution is -2.36. The highest BCUT2D eigenvalue weighted by Crippen LogP contribution is 2.30. The Bertz CT molecular complexity index is 1150. The molecule has 1 aliphatic heterocycles. The highest BCUT2D eigenvalue weighted by Gasteiger charge is 2.31. The van der Waals surface area contributed by atoms with Crippen LogP contribution in [0.25, 0.3) is 10.8 Å². The first-order valence-corrected chi connectivity index (χ1v) is 10.4. The van der Waals surface area contributed by atoms with Gasteiger partial charge in [0.25, 0.3) is 5.56 Å². The summed E-state index contributed by atoms with van der Waals surface area (Å²) < 4.78 is 3.64. The second kappa shape index (κ2) is 7.13. The van der Waals surface area contributed by atoms with Crippen LogP contribution in [0.3, 0.4) is 0 Å². The Kier molecular flexibility index (Phi) is 4.45. The van der Waals surface area contributed by atoms with Gasteiger partial charge >= 0.3 is 0 Å². The van der Waals surface area contributed by atoms with E-state index in [1.54, 1.807) is 12.3 Å². The minimum atomic E-state index is -0.216. The maximum atomic E-state index is 12.9. The Morgan fingerprint density at radius 1 is 1.21 bits per heavy atom. The van der Waals surface area contributed by atoms with Gasteiger partial charge in [0, 0.05) is 24.2 Å². The van der Waals surface area contributed by atoms with Crippen molar-refractivity contribution in [1.29, 1.82) is 0 Å². The van der Waals surface area contributed by atoms with E-state index < -0.39 is 0 Å². The van der Waals surface area contributed by atoms with E-state index in [4.69, 9.17) is 4.98 Å². The van der Waals surface area contributed by atoms with Crippen LogP contribution in [0.2, 0.25) is 0 Å². The molecule has 0 bridgehead atoms. The fourth-order valence-corrected chi connectivity index (χ4v) is 4.83. The van der Waals surface area contributed by atoms with Gasteiger partial charge < -0.3 is 9.47 Å². The van der Waals surface area contributed by atoms with E-state index in [0.717, 1.165) is 30.5 Å². The van der Waals surface area contributed by atoms with Crippen LogP contribution in [-0.4, -0.2) is 43.2 Å². The Labute approximate surface area is 169 Å². The molecule has 0 radical (unpaired) electrons. The highest BCUT2D eigenvalue weighted by molar-refractivity contribution is 5.81. The number of fused-ring (bicyclic) bond motifs is 2. The number of imidazole rings is 1. The van der Waals surface area contributed by atoms with Crippen LogP contribution >= 0.6 is 0 Å². The lowest BCUT2D eigenvalue weighted by Gasteiger charge is -2.21.